The lowest BCUT2D eigenvalue weighted by atomic mass is 9.94. The number of hydrogen-bond donors (Lipinski definition) is 2. The number of fused-ring (bicyclic) bond motifs is 2. The van der Waals surface area contributed by atoms with E-state index in [2.05, 4.69) is 24.1 Å². The van der Waals surface area contributed by atoms with Crippen LogP contribution in [-0.2, 0) is 9.47 Å². The Bertz CT molecular complexity index is 555. The second-order valence-corrected chi connectivity index (χ2v) is 6.09. The molecule has 1 saturated heterocycles. The van der Waals surface area contributed by atoms with Gasteiger partial charge in [-0.1, -0.05) is 32.6 Å². The molecule has 2 fully saturated rings. The fourth-order valence-electron chi connectivity index (χ4n) is 4.20. The van der Waals surface area contributed by atoms with Gasteiger partial charge in [-0.25, -0.2) is 4.99 Å². The number of nitrogens with one attached hydrogen (secondary N) is 1. The van der Waals surface area contributed by atoms with Crippen molar-refractivity contribution in [2.75, 3.05) is 13.2 Å². The summed E-state index contributed by atoms with van der Waals surface area (Å²) in [5.74, 6) is -1.01. The summed E-state index contributed by atoms with van der Waals surface area (Å²) in [7, 11) is 0. The molecule has 0 unspecified atom stereocenters. The van der Waals surface area contributed by atoms with Gasteiger partial charge >= 0.3 is 5.91 Å². The smallest absolute Gasteiger partial charge is 0.311 e. The van der Waals surface area contributed by atoms with Crippen molar-refractivity contribution in [3.8, 4) is 12.1 Å². The molecule has 3 rings (SSSR count). The number of unbranched alkanes of at least 4 members (excludes halogenated alkanes) is 3. The van der Waals surface area contributed by atoms with Crippen molar-refractivity contribution in [3.05, 3.63) is 0 Å². The summed E-state index contributed by atoms with van der Waals surface area (Å²) in [4.78, 5) is 2.95. The van der Waals surface area contributed by atoms with Crippen molar-refractivity contribution in [2.24, 2.45) is 22.5 Å². The zero-order chi connectivity index (χ0) is 15.1. The second kappa shape index (κ2) is 4.69. The van der Waals surface area contributed by atoms with Crippen LogP contribution < -0.4 is 10.7 Å². The first-order valence-electron chi connectivity index (χ1n) is 7.66. The minimum absolute atomic E-state index is 0.115. The van der Waals surface area contributed by atoms with Gasteiger partial charge in [-0.2, -0.15) is 10.5 Å². The van der Waals surface area contributed by atoms with E-state index in [1.807, 2.05) is 0 Å². The molecular weight excluding hydrogens is 268 g/mol. The molecule has 3 aliphatic rings. The van der Waals surface area contributed by atoms with Gasteiger partial charge in [0, 0.05) is 5.92 Å². The first kappa shape index (κ1) is 14.3. The minimum Gasteiger partial charge on any atom is -0.311 e. The molecule has 1 spiro atoms. The number of hydrogen-bond acceptors (Lipinski definition) is 5. The van der Waals surface area contributed by atoms with Crippen LogP contribution in [0.2, 0.25) is 0 Å². The Kier molecular flexibility index (Phi) is 3.20. The summed E-state index contributed by atoms with van der Waals surface area (Å²) >= 11 is 0. The SMILES string of the molecule is CCCCCC[C@@H]1[C@]2(C#N)C(N)=[NH+]C3(OCCO3)[C@]12C#N. The summed E-state index contributed by atoms with van der Waals surface area (Å²) in [5, 5.41) is 19.5. The molecule has 0 radical (unpaired) electrons. The summed E-state index contributed by atoms with van der Waals surface area (Å²) in [6, 6.07) is 4.62. The van der Waals surface area contributed by atoms with E-state index in [0.29, 0.717) is 19.0 Å². The standard InChI is InChI=1S/C15H20N4O2/c1-2-3-4-5-6-11-13(9-16)12(18)19-15(14(11,13)10-17)20-7-8-21-15/h11H,2-8H2,1H3,(H2,18,19)/p+1/t11-,13-,14-/m1/s1. The number of amidine groups is 1. The number of nitriles is 2. The van der Waals surface area contributed by atoms with Crippen LogP contribution in [0.15, 0.2) is 0 Å². The van der Waals surface area contributed by atoms with Gasteiger partial charge in [-0.3, -0.25) is 5.73 Å². The van der Waals surface area contributed by atoms with Crippen LogP contribution in [0, 0.1) is 39.4 Å². The van der Waals surface area contributed by atoms with Crippen LogP contribution >= 0.6 is 0 Å². The van der Waals surface area contributed by atoms with Gasteiger partial charge in [0.25, 0.3) is 5.84 Å². The Morgan fingerprint density at radius 1 is 1.24 bits per heavy atom. The Labute approximate surface area is 124 Å². The van der Waals surface area contributed by atoms with Gasteiger partial charge in [-0.05, 0) is 6.42 Å². The molecule has 1 aliphatic carbocycles. The maximum Gasteiger partial charge on any atom is 0.343 e. The molecule has 0 aromatic heterocycles. The monoisotopic (exact) mass is 289 g/mol. The zero-order valence-corrected chi connectivity index (χ0v) is 12.3. The summed E-state index contributed by atoms with van der Waals surface area (Å²) < 4.78 is 11.4. The van der Waals surface area contributed by atoms with Crippen molar-refractivity contribution in [1.29, 1.82) is 10.5 Å². The van der Waals surface area contributed by atoms with E-state index >= 15 is 0 Å². The topological polar surface area (TPSA) is 106 Å². The van der Waals surface area contributed by atoms with E-state index in [1.54, 1.807) is 0 Å². The van der Waals surface area contributed by atoms with Crippen LogP contribution in [-0.4, -0.2) is 25.0 Å². The normalized spacial score (nSPS) is 38.6. The second-order valence-electron chi connectivity index (χ2n) is 6.09. The highest BCUT2D eigenvalue weighted by molar-refractivity contribution is 5.93. The number of ether oxygens (including phenoxy) is 2. The van der Waals surface area contributed by atoms with Gasteiger partial charge in [-0.15, -0.1) is 0 Å². The van der Waals surface area contributed by atoms with Crippen molar-refractivity contribution in [2.45, 2.75) is 44.9 Å². The number of rotatable bonds is 5. The predicted molar refractivity (Wildman–Crippen MR) is 73.1 cm³/mol. The molecule has 112 valence electrons. The average Bonchev–Trinajstić information content (AvgIpc) is 2.74. The Hall–Kier alpha value is -1.63. The van der Waals surface area contributed by atoms with E-state index in [4.69, 9.17) is 15.2 Å². The fraction of sp³-hybridized carbons (Fsp3) is 0.800. The van der Waals surface area contributed by atoms with Crippen molar-refractivity contribution >= 4 is 5.84 Å². The van der Waals surface area contributed by atoms with E-state index in [-0.39, 0.29) is 5.92 Å². The first-order chi connectivity index (χ1) is 10.1. The molecule has 6 heteroatoms. The van der Waals surface area contributed by atoms with E-state index < -0.39 is 16.7 Å². The summed E-state index contributed by atoms with van der Waals surface area (Å²) in [5.41, 5.74) is 4.09. The highest BCUT2D eigenvalue weighted by Gasteiger charge is 2.96. The van der Waals surface area contributed by atoms with Crippen LogP contribution in [0.1, 0.15) is 39.0 Å². The maximum absolute atomic E-state index is 9.81. The molecule has 0 bridgehead atoms. The van der Waals surface area contributed by atoms with Gasteiger partial charge in [0.15, 0.2) is 10.8 Å². The van der Waals surface area contributed by atoms with Crippen LogP contribution in [0.3, 0.4) is 0 Å². The summed E-state index contributed by atoms with van der Waals surface area (Å²) in [6.07, 6.45) is 5.23. The quantitative estimate of drug-likeness (QED) is 0.679. The largest absolute Gasteiger partial charge is 0.343 e. The maximum atomic E-state index is 9.81. The first-order valence-corrected chi connectivity index (χ1v) is 7.66. The molecule has 6 nitrogen and oxygen atoms in total. The Morgan fingerprint density at radius 2 is 1.95 bits per heavy atom. The molecule has 1 saturated carbocycles. The zero-order valence-electron chi connectivity index (χ0n) is 12.3. The molecule has 3 atom stereocenters. The van der Waals surface area contributed by atoms with E-state index in [1.165, 1.54) is 6.42 Å². The van der Waals surface area contributed by atoms with E-state index in [0.717, 1.165) is 25.7 Å². The molecule has 2 heterocycles. The van der Waals surface area contributed by atoms with Crippen molar-refractivity contribution in [3.63, 3.8) is 0 Å². The predicted octanol–water partition coefficient (Wildman–Crippen LogP) is -0.241. The number of nitrogens with zero attached hydrogens (tertiary/aromatic N) is 2. The minimum atomic E-state index is -1.23. The summed E-state index contributed by atoms with van der Waals surface area (Å²) in [6.45, 7) is 2.98. The Morgan fingerprint density at radius 3 is 2.52 bits per heavy atom. The Balaban J connectivity index is 1.88. The lowest BCUT2D eigenvalue weighted by Gasteiger charge is -2.23. The highest BCUT2D eigenvalue weighted by atomic mass is 16.8. The third-order valence-electron chi connectivity index (χ3n) is 5.22. The van der Waals surface area contributed by atoms with Crippen molar-refractivity contribution < 1.29 is 14.5 Å². The molecule has 0 aromatic rings. The van der Waals surface area contributed by atoms with Crippen LogP contribution in [0.4, 0.5) is 0 Å². The fourth-order valence-corrected chi connectivity index (χ4v) is 4.20. The molecular formula is C15H21N4O2+. The lowest BCUT2D eigenvalue weighted by Crippen LogP contribution is -2.90. The third kappa shape index (κ3) is 1.44. The van der Waals surface area contributed by atoms with Gasteiger partial charge < -0.3 is 9.47 Å². The molecule has 2 aliphatic heterocycles. The lowest BCUT2D eigenvalue weighted by molar-refractivity contribution is -0.677. The van der Waals surface area contributed by atoms with Gasteiger partial charge in [0.2, 0.25) is 0 Å². The molecule has 21 heavy (non-hydrogen) atoms. The third-order valence-corrected chi connectivity index (χ3v) is 5.22. The number of nitrogens with two attached hydrogens (primary N) is 1. The van der Waals surface area contributed by atoms with Crippen LogP contribution in [0.5, 0.6) is 0 Å². The van der Waals surface area contributed by atoms with Gasteiger partial charge in [0.05, 0.1) is 25.4 Å². The van der Waals surface area contributed by atoms with E-state index in [9.17, 15) is 10.5 Å². The van der Waals surface area contributed by atoms with Crippen LogP contribution in [0.25, 0.3) is 0 Å². The van der Waals surface area contributed by atoms with Crippen molar-refractivity contribution in [1.82, 2.24) is 0 Å². The molecule has 3 N–H and O–H groups in total. The molecule has 0 amide bonds. The highest BCUT2D eigenvalue weighted by Crippen LogP contribution is 2.76. The average molecular weight is 289 g/mol. The molecule has 0 aromatic carbocycles. The van der Waals surface area contributed by atoms with Gasteiger partial charge in [0.1, 0.15) is 0 Å².